The third kappa shape index (κ3) is 4.51. The molecule has 8 heteroatoms. The lowest BCUT2D eigenvalue weighted by atomic mass is 10.0. The van der Waals surface area contributed by atoms with Gasteiger partial charge in [0, 0.05) is 29.5 Å². The van der Waals surface area contributed by atoms with Crippen LogP contribution in [-0.4, -0.2) is 10.7 Å². The van der Waals surface area contributed by atoms with E-state index in [2.05, 4.69) is 21.2 Å². The molecule has 4 nitrogen and oxygen atoms in total. The van der Waals surface area contributed by atoms with E-state index in [9.17, 15) is 18.0 Å². The highest BCUT2D eigenvalue weighted by molar-refractivity contribution is 9.10. The molecule has 140 valence electrons. The minimum Gasteiger partial charge on any atom is -0.408 e. The van der Waals surface area contributed by atoms with Crippen molar-refractivity contribution in [3.63, 3.8) is 0 Å². The monoisotopic (exact) mass is 438 g/mol. The van der Waals surface area contributed by atoms with Gasteiger partial charge in [-0.05, 0) is 23.8 Å². The van der Waals surface area contributed by atoms with Crippen molar-refractivity contribution in [3.8, 4) is 16.9 Å². The van der Waals surface area contributed by atoms with Crippen molar-refractivity contribution in [2.75, 3.05) is 5.32 Å². The molecule has 3 rings (SSSR count). The van der Waals surface area contributed by atoms with E-state index in [0.29, 0.717) is 11.3 Å². The number of alkyl halides is 3. The Morgan fingerprint density at radius 2 is 1.74 bits per heavy atom. The smallest absolute Gasteiger partial charge is 0.408 e. The molecule has 0 atom stereocenters. The second kappa shape index (κ2) is 7.48. The molecule has 27 heavy (non-hydrogen) atoms. The van der Waals surface area contributed by atoms with Gasteiger partial charge in [0.15, 0.2) is 5.75 Å². The third-order valence-electron chi connectivity index (χ3n) is 3.75. The number of anilines is 1. The van der Waals surface area contributed by atoms with Crippen molar-refractivity contribution in [3.05, 3.63) is 71.0 Å². The number of hydrogen-bond acceptors (Lipinski definition) is 2. The zero-order valence-corrected chi connectivity index (χ0v) is 15.6. The van der Waals surface area contributed by atoms with Crippen LogP contribution in [0.4, 0.5) is 23.7 Å². The van der Waals surface area contributed by atoms with Gasteiger partial charge in [0.25, 0.3) is 0 Å². The van der Waals surface area contributed by atoms with Gasteiger partial charge in [0.2, 0.25) is 0 Å². The van der Waals surface area contributed by atoms with E-state index in [4.69, 9.17) is 4.74 Å². The van der Waals surface area contributed by atoms with Crippen LogP contribution in [0.3, 0.4) is 0 Å². The van der Waals surface area contributed by atoms with Crippen LogP contribution in [0, 0.1) is 0 Å². The van der Waals surface area contributed by atoms with Crippen LogP contribution in [0.1, 0.15) is 5.56 Å². The third-order valence-corrected chi connectivity index (χ3v) is 4.27. The minimum atomic E-state index is -4.62. The number of halogens is 4. The Morgan fingerprint density at radius 3 is 2.41 bits per heavy atom. The fraction of sp³-hybridized carbons (Fsp3) is 0.105. The number of carbonyl (C=O) groups excluding carboxylic acids is 1. The molecule has 3 aromatic rings. The first-order valence-electron chi connectivity index (χ1n) is 7.81. The quantitative estimate of drug-likeness (QED) is 0.537. The average molecular weight is 439 g/mol. The molecule has 0 bridgehead atoms. The molecule has 0 unspecified atom stereocenters. The van der Waals surface area contributed by atoms with Crippen molar-refractivity contribution in [1.82, 2.24) is 4.57 Å². The van der Waals surface area contributed by atoms with Crippen molar-refractivity contribution >= 4 is 27.7 Å². The summed E-state index contributed by atoms with van der Waals surface area (Å²) in [5.74, 6) is -0.552. The standard InChI is InChI=1S/C19H14BrF3N2O2/c1-25-10-15(19(21,22)23)17(11-25)27-18(26)24-16-5-3-2-4-14(16)12-6-8-13(20)9-7-12/h2-11H,1H3,(H,24,26). The molecule has 1 heterocycles. The lowest BCUT2D eigenvalue weighted by Gasteiger charge is -2.12. The summed E-state index contributed by atoms with van der Waals surface area (Å²) >= 11 is 3.35. The zero-order chi connectivity index (χ0) is 19.6. The molecule has 0 saturated heterocycles. The van der Waals surface area contributed by atoms with E-state index < -0.39 is 23.6 Å². The van der Waals surface area contributed by atoms with E-state index in [1.807, 2.05) is 24.3 Å². The second-order valence-electron chi connectivity index (χ2n) is 5.77. The van der Waals surface area contributed by atoms with Crippen LogP contribution in [0.5, 0.6) is 5.75 Å². The van der Waals surface area contributed by atoms with Gasteiger partial charge in [0.1, 0.15) is 5.56 Å². The first-order chi connectivity index (χ1) is 12.7. The Kier molecular flexibility index (Phi) is 5.27. The summed E-state index contributed by atoms with van der Waals surface area (Å²) in [6.07, 6.45) is -3.66. The van der Waals surface area contributed by atoms with Crippen LogP contribution in [-0.2, 0) is 13.2 Å². The summed E-state index contributed by atoms with van der Waals surface area (Å²) in [5.41, 5.74) is 0.964. The number of hydrogen-bond donors (Lipinski definition) is 1. The number of aromatic nitrogens is 1. The normalized spacial score (nSPS) is 11.3. The van der Waals surface area contributed by atoms with Gasteiger partial charge in [-0.3, -0.25) is 5.32 Å². The lowest BCUT2D eigenvalue weighted by Crippen LogP contribution is -2.18. The van der Waals surface area contributed by atoms with E-state index in [-0.39, 0.29) is 0 Å². The van der Waals surface area contributed by atoms with Gasteiger partial charge in [-0.15, -0.1) is 0 Å². The molecule has 0 fully saturated rings. The molecule has 2 aromatic carbocycles. The molecule has 0 spiro atoms. The van der Waals surface area contributed by atoms with Gasteiger partial charge in [0.05, 0.1) is 5.69 Å². The number of ether oxygens (including phenoxy) is 1. The SMILES string of the molecule is Cn1cc(OC(=O)Nc2ccccc2-c2ccc(Br)cc2)c(C(F)(F)F)c1. The minimum absolute atomic E-state index is 0.425. The highest BCUT2D eigenvalue weighted by Crippen LogP contribution is 2.37. The topological polar surface area (TPSA) is 43.3 Å². The average Bonchev–Trinajstić information content (AvgIpc) is 2.97. The van der Waals surface area contributed by atoms with Gasteiger partial charge < -0.3 is 9.30 Å². The number of para-hydroxylation sites is 1. The first-order valence-corrected chi connectivity index (χ1v) is 8.60. The Bertz CT molecular complexity index is 966. The molecule has 1 N–H and O–H groups in total. The van der Waals surface area contributed by atoms with Crippen molar-refractivity contribution in [2.45, 2.75) is 6.18 Å². The lowest BCUT2D eigenvalue weighted by molar-refractivity contribution is -0.138. The van der Waals surface area contributed by atoms with E-state index in [1.165, 1.54) is 11.6 Å². The van der Waals surface area contributed by atoms with E-state index >= 15 is 0 Å². The molecule has 1 aromatic heterocycles. The number of carbonyl (C=O) groups is 1. The van der Waals surface area contributed by atoms with Crippen LogP contribution in [0.15, 0.2) is 65.4 Å². The summed E-state index contributed by atoms with van der Waals surface area (Å²) in [6.45, 7) is 0. The van der Waals surface area contributed by atoms with Crippen LogP contribution < -0.4 is 10.1 Å². The molecule has 0 aliphatic carbocycles. The second-order valence-corrected chi connectivity index (χ2v) is 6.68. The highest BCUT2D eigenvalue weighted by atomic mass is 79.9. The van der Waals surface area contributed by atoms with Gasteiger partial charge >= 0.3 is 12.3 Å². The first kappa shape index (κ1) is 19.0. The van der Waals surface area contributed by atoms with Crippen LogP contribution in [0.25, 0.3) is 11.1 Å². The maximum absolute atomic E-state index is 13.0. The Morgan fingerprint density at radius 1 is 1.07 bits per heavy atom. The molecule has 0 radical (unpaired) electrons. The van der Waals surface area contributed by atoms with Crippen molar-refractivity contribution in [1.29, 1.82) is 0 Å². The molecular weight excluding hydrogens is 425 g/mol. The van der Waals surface area contributed by atoms with Gasteiger partial charge in [-0.2, -0.15) is 13.2 Å². The molecular formula is C19H14BrF3N2O2. The summed E-state index contributed by atoms with van der Waals surface area (Å²) in [6, 6.07) is 14.4. The van der Waals surface area contributed by atoms with Crippen molar-refractivity contribution < 1.29 is 22.7 Å². The van der Waals surface area contributed by atoms with E-state index in [1.54, 1.807) is 24.3 Å². The number of benzene rings is 2. The molecule has 0 aliphatic rings. The highest BCUT2D eigenvalue weighted by Gasteiger charge is 2.36. The summed E-state index contributed by atoms with van der Waals surface area (Å²) < 4.78 is 46.1. The molecule has 0 aliphatic heterocycles. The molecule has 0 saturated carbocycles. The van der Waals surface area contributed by atoms with Crippen molar-refractivity contribution in [2.24, 2.45) is 7.05 Å². The number of rotatable bonds is 3. The molecule has 1 amide bonds. The Hall–Kier alpha value is -2.74. The fourth-order valence-electron chi connectivity index (χ4n) is 2.56. The van der Waals surface area contributed by atoms with Gasteiger partial charge in [-0.1, -0.05) is 46.3 Å². The van der Waals surface area contributed by atoms with Crippen LogP contribution in [0.2, 0.25) is 0 Å². The maximum atomic E-state index is 13.0. The Labute approximate surface area is 161 Å². The number of nitrogens with zero attached hydrogens (tertiary/aromatic N) is 1. The number of amides is 1. The Balaban J connectivity index is 1.83. The fourth-order valence-corrected chi connectivity index (χ4v) is 2.83. The number of aryl methyl sites for hydroxylation is 1. The predicted molar refractivity (Wildman–Crippen MR) is 99.6 cm³/mol. The summed E-state index contributed by atoms with van der Waals surface area (Å²) in [5, 5.41) is 2.51. The summed E-state index contributed by atoms with van der Waals surface area (Å²) in [7, 11) is 1.42. The summed E-state index contributed by atoms with van der Waals surface area (Å²) in [4.78, 5) is 12.2. The largest absolute Gasteiger partial charge is 0.421 e. The van der Waals surface area contributed by atoms with Gasteiger partial charge in [-0.25, -0.2) is 4.79 Å². The van der Waals surface area contributed by atoms with Crippen LogP contribution >= 0.6 is 15.9 Å². The number of nitrogens with one attached hydrogen (secondary N) is 1. The van der Waals surface area contributed by atoms with E-state index in [0.717, 1.165) is 22.4 Å². The predicted octanol–water partition coefficient (Wildman–Crippen LogP) is 6.08. The maximum Gasteiger partial charge on any atom is 0.421 e. The zero-order valence-electron chi connectivity index (χ0n) is 14.0.